The van der Waals surface area contributed by atoms with Crippen LogP contribution in [0.25, 0.3) is 0 Å². The van der Waals surface area contributed by atoms with Crippen molar-refractivity contribution in [3.8, 4) is 0 Å². The third-order valence-electron chi connectivity index (χ3n) is 2.98. The van der Waals surface area contributed by atoms with E-state index in [1.807, 2.05) is 6.92 Å². The normalized spacial score (nSPS) is 15.1. The molecule has 0 spiro atoms. The Bertz CT molecular complexity index is 314. The molecule has 1 unspecified atom stereocenters. The predicted molar refractivity (Wildman–Crippen MR) is 66.6 cm³/mol. The van der Waals surface area contributed by atoms with Crippen LogP contribution in [-0.4, -0.2) is 0 Å². The Balaban J connectivity index is 2.59. The molecule has 0 amide bonds. The molecule has 1 aromatic rings. The molecule has 0 radical (unpaired) electrons. The van der Waals surface area contributed by atoms with Gasteiger partial charge in [0.1, 0.15) is 5.82 Å². The molecule has 0 aromatic heterocycles. The molecule has 2 N–H and O–H groups in total. The molecular weight excluding hydrogens is 201 g/mol. The first-order valence-corrected chi connectivity index (χ1v) is 5.97. The van der Waals surface area contributed by atoms with Gasteiger partial charge in [-0.3, -0.25) is 0 Å². The standard InChI is InChI=1S/C14H22FN/c1-11(2)5-4-10-14(3,16)12-6-8-13(15)9-7-12/h6-9,11H,4-5,10,16H2,1-3H3. The highest BCUT2D eigenvalue weighted by Gasteiger charge is 2.20. The summed E-state index contributed by atoms with van der Waals surface area (Å²) in [5.74, 6) is 0.505. The first-order valence-electron chi connectivity index (χ1n) is 5.97. The van der Waals surface area contributed by atoms with E-state index in [9.17, 15) is 4.39 Å². The van der Waals surface area contributed by atoms with Crippen molar-refractivity contribution in [2.24, 2.45) is 11.7 Å². The maximum Gasteiger partial charge on any atom is 0.123 e. The first kappa shape index (κ1) is 13.2. The predicted octanol–water partition coefficient (Wildman–Crippen LogP) is 3.83. The zero-order valence-corrected chi connectivity index (χ0v) is 10.5. The molecule has 2 heteroatoms. The minimum absolute atomic E-state index is 0.207. The minimum atomic E-state index is -0.345. The van der Waals surface area contributed by atoms with Crippen LogP contribution in [0, 0.1) is 11.7 Å². The Morgan fingerprint density at radius 3 is 2.31 bits per heavy atom. The van der Waals surface area contributed by atoms with Crippen molar-refractivity contribution in [2.75, 3.05) is 0 Å². The zero-order chi connectivity index (χ0) is 12.2. The largest absolute Gasteiger partial charge is 0.322 e. The Kier molecular flexibility index (Phi) is 4.48. The van der Waals surface area contributed by atoms with Crippen LogP contribution in [0.2, 0.25) is 0 Å². The van der Waals surface area contributed by atoms with Crippen LogP contribution in [0.15, 0.2) is 24.3 Å². The second-order valence-electron chi connectivity index (χ2n) is 5.21. The molecule has 16 heavy (non-hydrogen) atoms. The van der Waals surface area contributed by atoms with Gasteiger partial charge < -0.3 is 5.73 Å². The SMILES string of the molecule is CC(C)CCCC(C)(N)c1ccc(F)cc1. The molecule has 0 fully saturated rings. The number of halogens is 1. The van der Waals surface area contributed by atoms with Gasteiger partial charge in [0.25, 0.3) is 0 Å². The molecule has 1 aromatic carbocycles. The van der Waals surface area contributed by atoms with E-state index in [0.29, 0.717) is 5.92 Å². The van der Waals surface area contributed by atoms with Crippen LogP contribution in [0.1, 0.15) is 45.6 Å². The van der Waals surface area contributed by atoms with Crippen molar-refractivity contribution < 1.29 is 4.39 Å². The summed E-state index contributed by atoms with van der Waals surface area (Å²) in [5.41, 5.74) is 6.92. The van der Waals surface area contributed by atoms with Crippen molar-refractivity contribution in [3.63, 3.8) is 0 Å². The van der Waals surface area contributed by atoms with E-state index in [0.717, 1.165) is 18.4 Å². The number of rotatable bonds is 5. The summed E-state index contributed by atoms with van der Waals surface area (Å²) in [5, 5.41) is 0. The first-order chi connectivity index (χ1) is 7.42. The summed E-state index contributed by atoms with van der Waals surface area (Å²) in [6, 6.07) is 6.52. The minimum Gasteiger partial charge on any atom is -0.322 e. The van der Waals surface area contributed by atoms with Gasteiger partial charge in [0, 0.05) is 5.54 Å². The average Bonchev–Trinajstić information content (AvgIpc) is 2.17. The van der Waals surface area contributed by atoms with Gasteiger partial charge in [0.05, 0.1) is 0 Å². The zero-order valence-electron chi connectivity index (χ0n) is 10.5. The lowest BCUT2D eigenvalue weighted by Crippen LogP contribution is -2.32. The topological polar surface area (TPSA) is 26.0 Å². The number of hydrogen-bond acceptors (Lipinski definition) is 1. The number of hydrogen-bond donors (Lipinski definition) is 1. The Labute approximate surface area is 97.9 Å². The molecule has 0 aliphatic rings. The second kappa shape index (κ2) is 5.44. The highest BCUT2D eigenvalue weighted by Crippen LogP contribution is 2.25. The lowest BCUT2D eigenvalue weighted by atomic mass is 9.87. The van der Waals surface area contributed by atoms with Crippen molar-refractivity contribution in [2.45, 2.75) is 45.6 Å². The summed E-state index contributed by atoms with van der Waals surface area (Å²) in [6.45, 7) is 6.44. The van der Waals surface area contributed by atoms with Crippen molar-refractivity contribution in [1.82, 2.24) is 0 Å². The summed E-state index contributed by atoms with van der Waals surface area (Å²) in [4.78, 5) is 0. The lowest BCUT2D eigenvalue weighted by molar-refractivity contribution is 0.405. The van der Waals surface area contributed by atoms with Gasteiger partial charge in [-0.05, 0) is 37.0 Å². The Hall–Kier alpha value is -0.890. The molecule has 0 saturated heterocycles. The van der Waals surface area contributed by atoms with Crippen LogP contribution in [0.3, 0.4) is 0 Å². The van der Waals surface area contributed by atoms with Gasteiger partial charge in [-0.15, -0.1) is 0 Å². The van der Waals surface area contributed by atoms with Gasteiger partial charge in [0.15, 0.2) is 0 Å². The Morgan fingerprint density at radius 1 is 1.25 bits per heavy atom. The van der Waals surface area contributed by atoms with Crippen LogP contribution in [0.4, 0.5) is 4.39 Å². The van der Waals surface area contributed by atoms with Crippen LogP contribution in [0.5, 0.6) is 0 Å². The maximum atomic E-state index is 12.8. The Morgan fingerprint density at radius 2 is 1.81 bits per heavy atom. The van der Waals surface area contributed by atoms with Crippen molar-refractivity contribution in [3.05, 3.63) is 35.6 Å². The quantitative estimate of drug-likeness (QED) is 0.806. The molecule has 1 nitrogen and oxygen atoms in total. The highest BCUT2D eigenvalue weighted by molar-refractivity contribution is 5.23. The van der Waals surface area contributed by atoms with Gasteiger partial charge in [0.2, 0.25) is 0 Å². The fourth-order valence-electron chi connectivity index (χ4n) is 1.85. The molecule has 1 rings (SSSR count). The molecule has 0 bridgehead atoms. The van der Waals surface area contributed by atoms with Gasteiger partial charge in [-0.2, -0.15) is 0 Å². The van der Waals surface area contributed by atoms with Crippen molar-refractivity contribution in [1.29, 1.82) is 0 Å². The summed E-state index contributed by atoms with van der Waals surface area (Å²) in [6.07, 6.45) is 3.24. The van der Waals surface area contributed by atoms with Gasteiger partial charge in [-0.25, -0.2) is 4.39 Å². The van der Waals surface area contributed by atoms with E-state index >= 15 is 0 Å². The molecule has 0 aliphatic heterocycles. The van der Waals surface area contributed by atoms with E-state index in [1.54, 1.807) is 12.1 Å². The molecular formula is C14H22FN. The van der Waals surface area contributed by atoms with Crippen LogP contribution in [-0.2, 0) is 5.54 Å². The fourth-order valence-corrected chi connectivity index (χ4v) is 1.85. The monoisotopic (exact) mass is 223 g/mol. The summed E-state index contributed by atoms with van der Waals surface area (Å²) in [7, 11) is 0. The summed E-state index contributed by atoms with van der Waals surface area (Å²) >= 11 is 0. The molecule has 90 valence electrons. The maximum absolute atomic E-state index is 12.8. The molecule has 0 aliphatic carbocycles. The van der Waals surface area contributed by atoms with E-state index < -0.39 is 0 Å². The van der Waals surface area contributed by atoms with Crippen LogP contribution < -0.4 is 5.73 Å². The van der Waals surface area contributed by atoms with E-state index in [1.165, 1.54) is 18.6 Å². The van der Waals surface area contributed by atoms with Crippen LogP contribution >= 0.6 is 0 Å². The third kappa shape index (κ3) is 3.93. The third-order valence-corrected chi connectivity index (χ3v) is 2.98. The van der Waals surface area contributed by atoms with Gasteiger partial charge in [-0.1, -0.05) is 38.8 Å². The molecule has 1 atom stereocenters. The number of nitrogens with two attached hydrogens (primary N) is 1. The van der Waals surface area contributed by atoms with Crippen molar-refractivity contribution >= 4 is 0 Å². The average molecular weight is 223 g/mol. The van der Waals surface area contributed by atoms with Gasteiger partial charge >= 0.3 is 0 Å². The summed E-state index contributed by atoms with van der Waals surface area (Å²) < 4.78 is 12.8. The second-order valence-corrected chi connectivity index (χ2v) is 5.21. The van der Waals surface area contributed by atoms with E-state index in [-0.39, 0.29) is 11.4 Å². The van der Waals surface area contributed by atoms with E-state index in [4.69, 9.17) is 5.73 Å². The lowest BCUT2D eigenvalue weighted by Gasteiger charge is -2.25. The molecule has 0 heterocycles. The highest BCUT2D eigenvalue weighted by atomic mass is 19.1. The van der Waals surface area contributed by atoms with E-state index in [2.05, 4.69) is 13.8 Å². The smallest absolute Gasteiger partial charge is 0.123 e. The molecule has 0 saturated carbocycles. The number of benzene rings is 1. The fraction of sp³-hybridized carbons (Fsp3) is 0.571.